The lowest BCUT2D eigenvalue weighted by molar-refractivity contribution is 0.0725. The molecular formula is C22H27N5O2. The maximum Gasteiger partial charge on any atom is 0.255 e. The molecule has 3 aromatic rings. The van der Waals surface area contributed by atoms with Crippen molar-refractivity contribution < 1.29 is 9.53 Å². The van der Waals surface area contributed by atoms with Crippen LogP contribution in [-0.4, -0.2) is 33.3 Å². The fraction of sp³-hybridized carbons (Fsp3) is 0.318. The van der Waals surface area contributed by atoms with Crippen LogP contribution in [0, 0.1) is 5.92 Å². The van der Waals surface area contributed by atoms with Crippen LogP contribution in [0.2, 0.25) is 0 Å². The first-order chi connectivity index (χ1) is 14.0. The number of anilines is 1. The number of nitrogens with zero attached hydrogens (tertiary/aromatic N) is 3. The minimum Gasteiger partial charge on any atom is -0.383 e. The van der Waals surface area contributed by atoms with Gasteiger partial charge in [-0.2, -0.15) is 5.10 Å². The number of benzene rings is 1. The Morgan fingerprint density at radius 3 is 2.66 bits per heavy atom. The van der Waals surface area contributed by atoms with E-state index in [-0.39, 0.29) is 23.7 Å². The van der Waals surface area contributed by atoms with Crippen molar-refractivity contribution in [2.45, 2.75) is 26.5 Å². The number of nitrogens with two attached hydrogens (primary N) is 1. The lowest BCUT2D eigenvalue weighted by Gasteiger charge is -2.23. The van der Waals surface area contributed by atoms with Gasteiger partial charge in [0, 0.05) is 30.6 Å². The van der Waals surface area contributed by atoms with Crippen molar-refractivity contribution >= 4 is 11.7 Å². The molecule has 3 rings (SSSR count). The number of nitrogen functional groups attached to an aromatic ring is 1. The molecule has 152 valence electrons. The second-order valence-corrected chi connectivity index (χ2v) is 7.35. The topological polar surface area (TPSA) is 95.1 Å². The molecule has 0 saturated heterocycles. The Hall–Kier alpha value is -3.19. The molecule has 0 aliphatic rings. The third-order valence-electron chi connectivity index (χ3n) is 4.75. The van der Waals surface area contributed by atoms with Crippen LogP contribution in [0.5, 0.6) is 0 Å². The maximum atomic E-state index is 13.1. The average molecular weight is 393 g/mol. The summed E-state index contributed by atoms with van der Waals surface area (Å²) in [5, 5.41) is 7.25. The molecule has 1 aromatic carbocycles. The Morgan fingerprint density at radius 2 is 2.00 bits per heavy atom. The standard InChI is InChI=1S/C22H27N5O2/c1-15(2)19(14-29-13-16-7-5-4-6-8-16)26-22(28)20-18(9-10-24-21(20)23)17-11-25-27(3)12-17/h4-12,15,19H,13-14H2,1-3H3,(H2,23,24)(H,26,28). The highest BCUT2D eigenvalue weighted by molar-refractivity contribution is 6.04. The van der Waals surface area contributed by atoms with Crippen molar-refractivity contribution in [2.24, 2.45) is 13.0 Å². The highest BCUT2D eigenvalue weighted by atomic mass is 16.5. The molecule has 1 atom stereocenters. The number of hydrogen-bond acceptors (Lipinski definition) is 5. The number of hydrogen-bond donors (Lipinski definition) is 2. The minimum absolute atomic E-state index is 0.160. The Morgan fingerprint density at radius 1 is 1.24 bits per heavy atom. The third-order valence-corrected chi connectivity index (χ3v) is 4.75. The van der Waals surface area contributed by atoms with E-state index >= 15 is 0 Å². The first kappa shape index (κ1) is 20.5. The van der Waals surface area contributed by atoms with Gasteiger partial charge in [-0.15, -0.1) is 0 Å². The fourth-order valence-electron chi connectivity index (χ4n) is 3.04. The van der Waals surface area contributed by atoms with Gasteiger partial charge in [0.25, 0.3) is 5.91 Å². The van der Waals surface area contributed by atoms with E-state index in [0.29, 0.717) is 24.3 Å². The van der Waals surface area contributed by atoms with E-state index in [2.05, 4.69) is 15.4 Å². The van der Waals surface area contributed by atoms with E-state index < -0.39 is 0 Å². The first-order valence-corrected chi connectivity index (χ1v) is 9.61. The minimum atomic E-state index is -0.267. The van der Waals surface area contributed by atoms with Crippen molar-refractivity contribution in [1.29, 1.82) is 0 Å². The lowest BCUT2D eigenvalue weighted by Crippen LogP contribution is -2.42. The van der Waals surface area contributed by atoms with Gasteiger partial charge in [0.05, 0.1) is 31.0 Å². The molecule has 7 nitrogen and oxygen atoms in total. The molecule has 0 aliphatic carbocycles. The molecule has 2 heterocycles. The summed E-state index contributed by atoms with van der Waals surface area (Å²) in [6, 6.07) is 11.6. The van der Waals surface area contributed by atoms with Crippen molar-refractivity contribution in [3.63, 3.8) is 0 Å². The van der Waals surface area contributed by atoms with Gasteiger partial charge in [-0.1, -0.05) is 44.2 Å². The van der Waals surface area contributed by atoms with E-state index in [1.54, 1.807) is 23.1 Å². The Kier molecular flexibility index (Phi) is 6.61. The van der Waals surface area contributed by atoms with Crippen LogP contribution in [0.4, 0.5) is 5.82 Å². The number of amides is 1. The molecule has 0 radical (unpaired) electrons. The molecule has 1 unspecified atom stereocenters. The van der Waals surface area contributed by atoms with Gasteiger partial charge in [-0.05, 0) is 17.5 Å². The molecule has 0 bridgehead atoms. The Bertz CT molecular complexity index is 953. The molecule has 2 aromatic heterocycles. The summed E-state index contributed by atoms with van der Waals surface area (Å²) in [7, 11) is 1.83. The summed E-state index contributed by atoms with van der Waals surface area (Å²) in [4.78, 5) is 17.2. The number of aromatic nitrogens is 3. The van der Waals surface area contributed by atoms with E-state index in [1.807, 2.05) is 57.4 Å². The van der Waals surface area contributed by atoms with Gasteiger partial charge in [0.2, 0.25) is 0 Å². The smallest absolute Gasteiger partial charge is 0.255 e. The molecular weight excluding hydrogens is 366 g/mol. The lowest BCUT2D eigenvalue weighted by atomic mass is 10.0. The summed E-state index contributed by atoms with van der Waals surface area (Å²) in [6.07, 6.45) is 5.14. The monoisotopic (exact) mass is 393 g/mol. The van der Waals surface area contributed by atoms with Crippen LogP contribution in [0.3, 0.4) is 0 Å². The van der Waals surface area contributed by atoms with Gasteiger partial charge < -0.3 is 15.8 Å². The number of aryl methyl sites for hydroxylation is 1. The number of nitrogens with one attached hydrogen (secondary N) is 1. The number of carbonyl (C=O) groups excluding carboxylic acids is 1. The van der Waals surface area contributed by atoms with Gasteiger partial charge in [0.15, 0.2) is 0 Å². The average Bonchev–Trinajstić information content (AvgIpc) is 3.13. The number of carbonyl (C=O) groups is 1. The van der Waals surface area contributed by atoms with Gasteiger partial charge in [-0.25, -0.2) is 4.98 Å². The highest BCUT2D eigenvalue weighted by Crippen LogP contribution is 2.26. The van der Waals surface area contributed by atoms with Gasteiger partial charge in [-0.3, -0.25) is 9.48 Å². The summed E-state index contributed by atoms with van der Waals surface area (Å²) in [5.41, 5.74) is 9.03. The van der Waals surface area contributed by atoms with Crippen molar-refractivity contribution in [1.82, 2.24) is 20.1 Å². The van der Waals surface area contributed by atoms with E-state index in [9.17, 15) is 4.79 Å². The molecule has 0 saturated carbocycles. The summed E-state index contributed by atoms with van der Waals surface area (Å²) < 4.78 is 7.54. The predicted octanol–water partition coefficient (Wildman–Crippen LogP) is 3.04. The Labute approximate surface area is 170 Å². The van der Waals surface area contributed by atoms with Crippen molar-refractivity contribution in [2.75, 3.05) is 12.3 Å². The molecule has 7 heteroatoms. The van der Waals surface area contributed by atoms with Crippen LogP contribution in [0.25, 0.3) is 11.1 Å². The van der Waals surface area contributed by atoms with Crippen LogP contribution >= 0.6 is 0 Å². The SMILES string of the molecule is CC(C)C(COCc1ccccc1)NC(=O)c1c(-c2cnn(C)c2)ccnc1N. The predicted molar refractivity (Wildman–Crippen MR) is 113 cm³/mol. The maximum absolute atomic E-state index is 13.1. The molecule has 3 N–H and O–H groups in total. The number of ether oxygens (including phenoxy) is 1. The van der Waals surface area contributed by atoms with Crippen molar-refractivity contribution in [3.8, 4) is 11.1 Å². The number of rotatable bonds is 8. The molecule has 0 spiro atoms. The Balaban J connectivity index is 1.73. The van der Waals surface area contributed by atoms with Crippen LogP contribution in [0.15, 0.2) is 55.0 Å². The zero-order chi connectivity index (χ0) is 20.8. The highest BCUT2D eigenvalue weighted by Gasteiger charge is 2.23. The van der Waals surface area contributed by atoms with Crippen LogP contribution in [-0.2, 0) is 18.4 Å². The third kappa shape index (κ3) is 5.20. The molecule has 0 aliphatic heterocycles. The second kappa shape index (κ2) is 9.34. The van der Waals surface area contributed by atoms with Crippen LogP contribution < -0.4 is 11.1 Å². The summed E-state index contributed by atoms with van der Waals surface area (Å²) in [5.74, 6) is 0.113. The van der Waals surface area contributed by atoms with Crippen molar-refractivity contribution in [3.05, 3.63) is 66.1 Å². The van der Waals surface area contributed by atoms with E-state index in [4.69, 9.17) is 10.5 Å². The van der Waals surface area contributed by atoms with E-state index in [1.165, 1.54) is 0 Å². The second-order valence-electron chi connectivity index (χ2n) is 7.35. The van der Waals surface area contributed by atoms with E-state index in [0.717, 1.165) is 11.1 Å². The first-order valence-electron chi connectivity index (χ1n) is 9.61. The summed E-state index contributed by atoms with van der Waals surface area (Å²) >= 11 is 0. The van der Waals surface area contributed by atoms with Gasteiger partial charge >= 0.3 is 0 Å². The van der Waals surface area contributed by atoms with Gasteiger partial charge in [0.1, 0.15) is 5.82 Å². The molecule has 1 amide bonds. The number of pyridine rings is 1. The van der Waals surface area contributed by atoms with Crippen LogP contribution in [0.1, 0.15) is 29.8 Å². The largest absolute Gasteiger partial charge is 0.383 e. The summed E-state index contributed by atoms with van der Waals surface area (Å²) in [6.45, 7) is 4.99. The fourth-order valence-corrected chi connectivity index (χ4v) is 3.04. The normalized spacial score (nSPS) is 12.1. The zero-order valence-electron chi connectivity index (χ0n) is 17.0. The molecule has 0 fully saturated rings. The zero-order valence-corrected chi connectivity index (χ0v) is 17.0. The quantitative estimate of drug-likeness (QED) is 0.613. The molecule has 29 heavy (non-hydrogen) atoms.